The lowest BCUT2D eigenvalue weighted by Gasteiger charge is -2.38. The van der Waals surface area contributed by atoms with Crippen LogP contribution in [-0.4, -0.2) is 91.0 Å². The highest BCUT2D eigenvalue weighted by Gasteiger charge is 2.46. The molecular formula is C26H38N4O5. The molecule has 3 heterocycles. The Morgan fingerprint density at radius 3 is 2.63 bits per heavy atom. The van der Waals surface area contributed by atoms with Gasteiger partial charge < -0.3 is 35.0 Å². The van der Waals surface area contributed by atoms with Crippen molar-refractivity contribution in [1.82, 2.24) is 15.1 Å². The number of ether oxygens (including phenoxy) is 2. The lowest BCUT2D eigenvalue weighted by Crippen LogP contribution is -2.50. The molecule has 0 radical (unpaired) electrons. The quantitative estimate of drug-likeness (QED) is 0.590. The summed E-state index contributed by atoms with van der Waals surface area (Å²) in [6.45, 7) is 3.07. The third-order valence-electron chi connectivity index (χ3n) is 7.96. The first-order valence-electron chi connectivity index (χ1n) is 13.1. The Bertz CT molecular complexity index is 913. The van der Waals surface area contributed by atoms with Crippen molar-refractivity contribution in [3.05, 3.63) is 23.8 Å². The summed E-state index contributed by atoms with van der Waals surface area (Å²) in [7, 11) is 2.07. The van der Waals surface area contributed by atoms with Crippen LogP contribution in [-0.2, 0) is 9.53 Å². The molecular weight excluding hydrogens is 448 g/mol. The van der Waals surface area contributed by atoms with Crippen molar-refractivity contribution >= 4 is 17.6 Å². The highest BCUT2D eigenvalue weighted by Crippen LogP contribution is 2.47. The van der Waals surface area contributed by atoms with E-state index < -0.39 is 6.10 Å². The number of nitrogens with one attached hydrogen (secondary N) is 2. The number of nitrogens with zero attached hydrogens (tertiary/aromatic N) is 2. The number of anilines is 1. The topological polar surface area (TPSA) is 103 Å². The first kappa shape index (κ1) is 24.3. The molecule has 4 atom stereocenters. The summed E-state index contributed by atoms with van der Waals surface area (Å²) < 4.78 is 12.3. The van der Waals surface area contributed by atoms with Gasteiger partial charge in [-0.05, 0) is 44.5 Å². The monoisotopic (exact) mass is 486 g/mol. The molecule has 2 saturated heterocycles. The molecule has 0 unspecified atom stereocenters. The third-order valence-corrected chi connectivity index (χ3v) is 7.96. The van der Waals surface area contributed by atoms with Gasteiger partial charge in [-0.15, -0.1) is 0 Å². The summed E-state index contributed by atoms with van der Waals surface area (Å²) in [6.07, 6.45) is 5.53. The normalized spacial score (nSPS) is 29.1. The smallest absolute Gasteiger partial charge is 0.319 e. The fourth-order valence-corrected chi connectivity index (χ4v) is 5.95. The maximum Gasteiger partial charge on any atom is 0.319 e. The largest absolute Gasteiger partial charge is 0.487 e. The highest BCUT2D eigenvalue weighted by atomic mass is 16.6. The van der Waals surface area contributed by atoms with Crippen molar-refractivity contribution in [3.63, 3.8) is 0 Å². The minimum absolute atomic E-state index is 0.00402. The number of hydrogen-bond donors (Lipinski definition) is 3. The van der Waals surface area contributed by atoms with E-state index in [1.807, 2.05) is 23.1 Å². The van der Waals surface area contributed by atoms with Crippen LogP contribution < -0.4 is 15.4 Å². The molecule has 3 fully saturated rings. The van der Waals surface area contributed by atoms with Crippen LogP contribution in [0.15, 0.2) is 18.2 Å². The standard InChI is InChI=1S/C26H38N4O5/c1-29-9-11-30(12-10-29)24(32)15-19-14-21-20-13-18(28-26(33)27-17-5-3-2-4-6-17)7-8-22(20)35-25(21)23(16-31)34-19/h7-8,13,17,19,21,23,25,31H,2-6,9-12,14-16H2,1H3,(H2,27,28,33)/t19-,21+,23-,25-/m1/s1. The van der Waals surface area contributed by atoms with Crippen molar-refractivity contribution in [2.75, 3.05) is 45.2 Å². The summed E-state index contributed by atoms with van der Waals surface area (Å²) in [5, 5.41) is 16.1. The second-order valence-electron chi connectivity index (χ2n) is 10.5. The molecule has 3 amide bonds. The number of urea groups is 1. The molecule has 4 aliphatic rings. The van der Waals surface area contributed by atoms with Gasteiger partial charge in [-0.3, -0.25) is 4.79 Å². The SMILES string of the molecule is CN1CCN(C(=O)C[C@H]2C[C@H]3c4cc(NC(=O)NC5CCCCC5)ccc4O[C@H]3[C@@H](CO)O2)CC1. The van der Waals surface area contributed by atoms with Crippen molar-refractivity contribution < 1.29 is 24.2 Å². The maximum absolute atomic E-state index is 12.9. The van der Waals surface area contributed by atoms with Gasteiger partial charge in [0.05, 0.1) is 19.1 Å². The van der Waals surface area contributed by atoms with Gasteiger partial charge in [0.25, 0.3) is 0 Å². The summed E-state index contributed by atoms with van der Waals surface area (Å²) in [6, 6.07) is 5.76. The fraction of sp³-hybridized carbons (Fsp3) is 0.692. The Labute approximate surface area is 207 Å². The van der Waals surface area contributed by atoms with Crippen molar-refractivity contribution in [1.29, 1.82) is 0 Å². The summed E-state index contributed by atoms with van der Waals surface area (Å²) in [5.74, 6) is 0.864. The van der Waals surface area contributed by atoms with E-state index in [1.165, 1.54) is 6.42 Å². The van der Waals surface area contributed by atoms with E-state index in [9.17, 15) is 14.7 Å². The molecule has 1 aromatic carbocycles. The summed E-state index contributed by atoms with van der Waals surface area (Å²) in [5.41, 5.74) is 1.72. The number of rotatable bonds is 5. The van der Waals surface area contributed by atoms with Crippen molar-refractivity contribution in [3.8, 4) is 5.75 Å². The zero-order valence-electron chi connectivity index (χ0n) is 20.6. The summed E-state index contributed by atoms with van der Waals surface area (Å²) >= 11 is 0. The highest BCUT2D eigenvalue weighted by molar-refractivity contribution is 5.89. The van der Waals surface area contributed by atoms with Gasteiger partial charge in [0.15, 0.2) is 0 Å². The van der Waals surface area contributed by atoms with E-state index >= 15 is 0 Å². The molecule has 1 aliphatic carbocycles. The number of aliphatic hydroxyl groups excluding tert-OH is 1. The second kappa shape index (κ2) is 10.7. The molecule has 9 nitrogen and oxygen atoms in total. The van der Waals surface area contributed by atoms with Crippen LogP contribution in [0.4, 0.5) is 10.5 Å². The predicted octanol–water partition coefficient (Wildman–Crippen LogP) is 2.30. The van der Waals surface area contributed by atoms with Crippen LogP contribution >= 0.6 is 0 Å². The number of amides is 3. The number of aliphatic hydroxyl groups is 1. The molecule has 1 saturated carbocycles. The first-order chi connectivity index (χ1) is 17.0. The van der Waals surface area contributed by atoms with E-state index in [-0.39, 0.29) is 42.7 Å². The van der Waals surface area contributed by atoms with Crippen LogP contribution in [0.25, 0.3) is 0 Å². The van der Waals surface area contributed by atoms with Crippen LogP contribution in [0.5, 0.6) is 5.75 Å². The lowest BCUT2D eigenvalue weighted by atomic mass is 9.84. The van der Waals surface area contributed by atoms with E-state index in [4.69, 9.17) is 9.47 Å². The number of hydrogen-bond acceptors (Lipinski definition) is 6. The van der Waals surface area contributed by atoms with Crippen molar-refractivity contribution in [2.45, 2.75) is 75.2 Å². The summed E-state index contributed by atoms with van der Waals surface area (Å²) in [4.78, 5) is 29.6. The van der Waals surface area contributed by atoms with Crippen molar-refractivity contribution in [2.24, 2.45) is 0 Å². The lowest BCUT2D eigenvalue weighted by molar-refractivity contribution is -0.150. The number of carbonyl (C=O) groups excluding carboxylic acids is 2. The molecule has 192 valence electrons. The number of piperazine rings is 1. The van der Waals surface area contributed by atoms with Gasteiger partial charge in [-0.25, -0.2) is 4.79 Å². The number of benzene rings is 1. The van der Waals surface area contributed by atoms with Gasteiger partial charge in [-0.2, -0.15) is 0 Å². The molecule has 35 heavy (non-hydrogen) atoms. The minimum atomic E-state index is -0.488. The van der Waals surface area contributed by atoms with Gasteiger partial charge >= 0.3 is 6.03 Å². The molecule has 9 heteroatoms. The van der Waals surface area contributed by atoms with Gasteiger partial charge in [0.1, 0.15) is 18.0 Å². The zero-order valence-corrected chi connectivity index (χ0v) is 20.6. The van der Waals surface area contributed by atoms with Crippen LogP contribution in [0.3, 0.4) is 0 Å². The first-order valence-corrected chi connectivity index (χ1v) is 13.1. The molecule has 0 spiro atoms. The number of likely N-dealkylation sites (N-methyl/N-ethyl adjacent to an activating group) is 1. The van der Waals surface area contributed by atoms with Crippen LogP contribution in [0, 0.1) is 0 Å². The average Bonchev–Trinajstić information content (AvgIpc) is 3.22. The Kier molecular flexibility index (Phi) is 7.45. The van der Waals surface area contributed by atoms with Gasteiger partial charge in [0.2, 0.25) is 5.91 Å². The van der Waals surface area contributed by atoms with Crippen LogP contribution in [0.1, 0.15) is 56.4 Å². The minimum Gasteiger partial charge on any atom is -0.487 e. The van der Waals surface area contributed by atoms with Gasteiger partial charge in [0, 0.05) is 49.4 Å². The third kappa shape index (κ3) is 5.57. The molecule has 5 rings (SSSR count). The molecule has 1 aromatic rings. The molecule has 0 aromatic heterocycles. The van der Waals surface area contributed by atoms with E-state index in [1.54, 1.807) is 0 Å². The Morgan fingerprint density at radius 1 is 1.11 bits per heavy atom. The number of carbonyl (C=O) groups is 2. The molecule has 0 bridgehead atoms. The van der Waals surface area contributed by atoms with E-state index in [0.29, 0.717) is 12.8 Å². The predicted molar refractivity (Wildman–Crippen MR) is 132 cm³/mol. The maximum atomic E-state index is 12.9. The van der Waals surface area contributed by atoms with Gasteiger partial charge in [-0.1, -0.05) is 19.3 Å². The van der Waals surface area contributed by atoms with Crippen LogP contribution in [0.2, 0.25) is 0 Å². The number of fused-ring (bicyclic) bond motifs is 3. The molecule has 3 N–H and O–H groups in total. The second-order valence-corrected chi connectivity index (χ2v) is 10.5. The average molecular weight is 487 g/mol. The Morgan fingerprint density at radius 2 is 1.89 bits per heavy atom. The van der Waals surface area contributed by atoms with E-state index in [2.05, 4.69) is 22.6 Å². The Hall–Kier alpha value is -2.36. The zero-order chi connectivity index (χ0) is 24.4. The molecule has 3 aliphatic heterocycles. The fourth-order valence-electron chi connectivity index (χ4n) is 5.95. The van der Waals surface area contributed by atoms with E-state index in [0.717, 1.165) is 68.9 Å². The Balaban J connectivity index is 1.24.